The molecule has 0 radical (unpaired) electrons. The van der Waals surface area contributed by atoms with Crippen LogP contribution >= 0.6 is 0 Å². The van der Waals surface area contributed by atoms with Gasteiger partial charge in [0, 0.05) is 26.1 Å². The molecule has 1 fully saturated rings. The number of nitrogens with zero attached hydrogens (tertiary/aromatic N) is 1. The van der Waals surface area contributed by atoms with Gasteiger partial charge in [-0.15, -0.1) is 0 Å². The van der Waals surface area contributed by atoms with E-state index in [1.807, 2.05) is 62.4 Å². The number of ether oxygens (including phenoxy) is 1. The summed E-state index contributed by atoms with van der Waals surface area (Å²) in [6, 6.07) is 15.8. The summed E-state index contributed by atoms with van der Waals surface area (Å²) in [5, 5.41) is 2.95. The van der Waals surface area contributed by atoms with Crippen LogP contribution in [0.3, 0.4) is 0 Å². The first-order valence-corrected chi connectivity index (χ1v) is 9.38. The number of hydrogen-bond donors (Lipinski definition) is 1. The van der Waals surface area contributed by atoms with Gasteiger partial charge in [-0.25, -0.2) is 0 Å². The van der Waals surface area contributed by atoms with Crippen molar-refractivity contribution in [1.29, 1.82) is 0 Å². The lowest BCUT2D eigenvalue weighted by molar-refractivity contribution is -0.129. The van der Waals surface area contributed by atoms with Crippen molar-refractivity contribution in [1.82, 2.24) is 10.2 Å². The maximum absolute atomic E-state index is 12.5. The molecule has 5 heteroatoms. The molecular formula is C22H26N2O3. The molecule has 27 heavy (non-hydrogen) atoms. The second kappa shape index (κ2) is 8.71. The second-order valence-corrected chi connectivity index (χ2v) is 6.96. The van der Waals surface area contributed by atoms with Gasteiger partial charge in [0.2, 0.25) is 11.8 Å². The minimum Gasteiger partial charge on any atom is -0.494 e. The topological polar surface area (TPSA) is 58.6 Å². The smallest absolute Gasteiger partial charge is 0.225 e. The van der Waals surface area contributed by atoms with E-state index < -0.39 is 0 Å². The molecular weight excluding hydrogens is 340 g/mol. The molecule has 1 heterocycles. The van der Waals surface area contributed by atoms with Crippen LogP contribution in [0.5, 0.6) is 5.75 Å². The van der Waals surface area contributed by atoms with Gasteiger partial charge in [-0.1, -0.05) is 42.0 Å². The normalized spacial score (nSPS) is 16.4. The first-order chi connectivity index (χ1) is 13.0. The molecule has 1 N–H and O–H groups in total. The molecule has 1 aliphatic rings. The van der Waals surface area contributed by atoms with Crippen molar-refractivity contribution < 1.29 is 14.3 Å². The molecule has 142 valence electrons. The highest BCUT2D eigenvalue weighted by atomic mass is 16.5. The highest BCUT2D eigenvalue weighted by molar-refractivity contribution is 5.89. The zero-order chi connectivity index (χ0) is 19.2. The number of rotatable bonds is 7. The van der Waals surface area contributed by atoms with Gasteiger partial charge < -0.3 is 15.0 Å². The quantitative estimate of drug-likeness (QED) is 0.819. The number of benzene rings is 2. The van der Waals surface area contributed by atoms with E-state index in [2.05, 4.69) is 5.32 Å². The molecule has 5 nitrogen and oxygen atoms in total. The van der Waals surface area contributed by atoms with E-state index in [1.54, 1.807) is 4.90 Å². The lowest BCUT2D eigenvalue weighted by atomic mass is 10.1. The Balaban J connectivity index is 1.52. The predicted octanol–water partition coefficient (Wildman–Crippen LogP) is 3.06. The second-order valence-electron chi connectivity index (χ2n) is 6.96. The Labute approximate surface area is 160 Å². The van der Waals surface area contributed by atoms with Gasteiger partial charge in [0.15, 0.2) is 0 Å². The van der Waals surface area contributed by atoms with E-state index >= 15 is 0 Å². The summed E-state index contributed by atoms with van der Waals surface area (Å²) in [4.78, 5) is 26.5. The number of nitrogens with one attached hydrogen (secondary N) is 1. The average Bonchev–Trinajstić information content (AvgIpc) is 3.03. The van der Waals surface area contributed by atoms with E-state index in [1.165, 1.54) is 5.56 Å². The van der Waals surface area contributed by atoms with Crippen LogP contribution in [0.2, 0.25) is 0 Å². The molecule has 0 aromatic heterocycles. The van der Waals surface area contributed by atoms with Gasteiger partial charge in [-0.3, -0.25) is 9.59 Å². The number of likely N-dealkylation sites (tertiary alicyclic amines) is 1. The lowest BCUT2D eigenvalue weighted by Crippen LogP contribution is -2.32. The summed E-state index contributed by atoms with van der Waals surface area (Å²) in [5.41, 5.74) is 3.26. The fourth-order valence-electron chi connectivity index (χ4n) is 3.26. The first kappa shape index (κ1) is 19.0. The van der Waals surface area contributed by atoms with Crippen molar-refractivity contribution in [2.75, 3.05) is 13.2 Å². The van der Waals surface area contributed by atoms with Crippen LogP contribution in [0, 0.1) is 12.8 Å². The Morgan fingerprint density at radius 2 is 1.96 bits per heavy atom. The average molecular weight is 366 g/mol. The third-order valence-electron chi connectivity index (χ3n) is 4.76. The molecule has 0 spiro atoms. The maximum atomic E-state index is 12.5. The van der Waals surface area contributed by atoms with Crippen LogP contribution in [0.25, 0.3) is 0 Å². The molecule has 2 aromatic carbocycles. The fraction of sp³-hybridized carbons (Fsp3) is 0.364. The van der Waals surface area contributed by atoms with E-state index in [4.69, 9.17) is 4.74 Å². The molecule has 0 aliphatic carbocycles. The van der Waals surface area contributed by atoms with Crippen molar-refractivity contribution in [2.24, 2.45) is 5.92 Å². The maximum Gasteiger partial charge on any atom is 0.225 e. The number of carbonyl (C=O) groups is 2. The summed E-state index contributed by atoms with van der Waals surface area (Å²) in [5.74, 6) is 0.466. The molecule has 0 bridgehead atoms. The fourth-order valence-corrected chi connectivity index (χ4v) is 3.26. The molecule has 1 atom stereocenters. The summed E-state index contributed by atoms with van der Waals surface area (Å²) in [7, 11) is 0. The molecule has 1 unspecified atom stereocenters. The van der Waals surface area contributed by atoms with Gasteiger partial charge in [-0.2, -0.15) is 0 Å². The standard InChI is InChI=1S/C22H26N2O3/c1-3-27-20-6-4-5-18(11-20)13-23-22(26)19-12-21(25)24(15-19)14-17-9-7-16(2)8-10-17/h4-11,19H,3,12-15H2,1-2H3,(H,23,26). The minimum atomic E-state index is -0.293. The molecule has 1 aliphatic heterocycles. The van der Waals surface area contributed by atoms with Crippen LogP contribution in [-0.2, 0) is 22.7 Å². The summed E-state index contributed by atoms with van der Waals surface area (Å²) >= 11 is 0. The lowest BCUT2D eigenvalue weighted by Gasteiger charge is -2.17. The largest absolute Gasteiger partial charge is 0.494 e. The predicted molar refractivity (Wildman–Crippen MR) is 104 cm³/mol. The Bertz CT molecular complexity index is 801. The van der Waals surface area contributed by atoms with Crippen molar-refractivity contribution >= 4 is 11.8 Å². The Hall–Kier alpha value is -2.82. The molecule has 2 aromatic rings. The monoisotopic (exact) mass is 366 g/mol. The van der Waals surface area contributed by atoms with Crippen LogP contribution in [0.15, 0.2) is 48.5 Å². The number of carbonyl (C=O) groups excluding carboxylic acids is 2. The Morgan fingerprint density at radius 3 is 2.70 bits per heavy atom. The zero-order valence-corrected chi connectivity index (χ0v) is 15.9. The molecule has 0 saturated carbocycles. The Morgan fingerprint density at radius 1 is 1.19 bits per heavy atom. The Kier molecular flexibility index (Phi) is 6.12. The molecule has 1 saturated heterocycles. The van der Waals surface area contributed by atoms with Gasteiger partial charge in [0.25, 0.3) is 0 Å². The minimum absolute atomic E-state index is 0.0362. The van der Waals surface area contributed by atoms with Gasteiger partial charge in [-0.05, 0) is 37.1 Å². The summed E-state index contributed by atoms with van der Waals surface area (Å²) in [6.07, 6.45) is 0.274. The van der Waals surface area contributed by atoms with Crippen molar-refractivity contribution in [3.63, 3.8) is 0 Å². The van der Waals surface area contributed by atoms with Gasteiger partial charge in [0.1, 0.15) is 5.75 Å². The highest BCUT2D eigenvalue weighted by Crippen LogP contribution is 2.21. The molecule has 2 amide bonds. The van der Waals surface area contributed by atoms with Crippen LogP contribution in [0.1, 0.15) is 30.0 Å². The van der Waals surface area contributed by atoms with E-state index in [-0.39, 0.29) is 24.2 Å². The highest BCUT2D eigenvalue weighted by Gasteiger charge is 2.34. The third-order valence-corrected chi connectivity index (χ3v) is 4.76. The van der Waals surface area contributed by atoms with Crippen LogP contribution in [-0.4, -0.2) is 29.9 Å². The molecule has 3 rings (SSSR count). The SMILES string of the molecule is CCOc1cccc(CNC(=O)C2CC(=O)N(Cc3ccc(C)cc3)C2)c1. The van der Waals surface area contributed by atoms with Crippen molar-refractivity contribution in [3.8, 4) is 5.75 Å². The summed E-state index contributed by atoms with van der Waals surface area (Å²) < 4.78 is 5.48. The third kappa shape index (κ3) is 5.09. The number of aryl methyl sites for hydroxylation is 1. The van der Waals surface area contributed by atoms with E-state index in [9.17, 15) is 9.59 Å². The number of amides is 2. The number of hydrogen-bond acceptors (Lipinski definition) is 3. The van der Waals surface area contributed by atoms with Crippen LogP contribution < -0.4 is 10.1 Å². The van der Waals surface area contributed by atoms with Gasteiger partial charge in [0.05, 0.1) is 12.5 Å². The zero-order valence-electron chi connectivity index (χ0n) is 15.9. The first-order valence-electron chi connectivity index (χ1n) is 9.38. The summed E-state index contributed by atoms with van der Waals surface area (Å²) in [6.45, 7) is 6.04. The van der Waals surface area contributed by atoms with E-state index in [0.717, 1.165) is 16.9 Å². The van der Waals surface area contributed by atoms with Gasteiger partial charge >= 0.3 is 0 Å². The van der Waals surface area contributed by atoms with E-state index in [0.29, 0.717) is 26.2 Å². The van der Waals surface area contributed by atoms with Crippen LogP contribution in [0.4, 0.5) is 0 Å². The van der Waals surface area contributed by atoms with Crippen molar-refractivity contribution in [3.05, 3.63) is 65.2 Å². The van der Waals surface area contributed by atoms with Crippen molar-refractivity contribution in [2.45, 2.75) is 33.4 Å².